The van der Waals surface area contributed by atoms with Gasteiger partial charge in [-0.1, -0.05) is 6.92 Å². The van der Waals surface area contributed by atoms with Gasteiger partial charge in [0.25, 0.3) is 0 Å². The van der Waals surface area contributed by atoms with Crippen molar-refractivity contribution >= 4 is 0 Å². The van der Waals surface area contributed by atoms with E-state index in [0.717, 1.165) is 12.2 Å². The van der Waals surface area contributed by atoms with E-state index in [0.29, 0.717) is 12.0 Å². The summed E-state index contributed by atoms with van der Waals surface area (Å²) in [6.45, 7) is 18.6. The molecular formula is C15H29N3. The first-order valence-electron chi connectivity index (χ1n) is 6.91. The zero-order chi connectivity index (χ0) is 14.1. The van der Waals surface area contributed by atoms with Gasteiger partial charge in [-0.25, -0.2) is 0 Å². The summed E-state index contributed by atoms with van der Waals surface area (Å²) in [7, 11) is 0. The standard InChI is InChI=1S/C15H29N3/c1-10(9-16-15(6,7)8)13(4)18-14(5)11(2)12(3)17-18/h10,13,16H,9H2,1-8H3. The van der Waals surface area contributed by atoms with Gasteiger partial charge < -0.3 is 5.32 Å². The zero-order valence-corrected chi connectivity index (χ0v) is 13.3. The van der Waals surface area contributed by atoms with E-state index in [4.69, 9.17) is 0 Å². The van der Waals surface area contributed by atoms with Crippen molar-refractivity contribution in [3.63, 3.8) is 0 Å². The minimum absolute atomic E-state index is 0.180. The molecule has 3 nitrogen and oxygen atoms in total. The van der Waals surface area contributed by atoms with Crippen LogP contribution in [0.1, 0.15) is 57.6 Å². The van der Waals surface area contributed by atoms with Gasteiger partial charge in [0.15, 0.2) is 0 Å². The molecule has 0 bridgehead atoms. The molecule has 0 spiro atoms. The van der Waals surface area contributed by atoms with Crippen molar-refractivity contribution in [2.45, 2.75) is 67.0 Å². The van der Waals surface area contributed by atoms with Crippen molar-refractivity contribution in [3.05, 3.63) is 17.0 Å². The zero-order valence-electron chi connectivity index (χ0n) is 13.3. The van der Waals surface area contributed by atoms with Crippen LogP contribution in [0.3, 0.4) is 0 Å². The molecule has 1 heterocycles. The fourth-order valence-corrected chi connectivity index (χ4v) is 2.02. The highest BCUT2D eigenvalue weighted by Gasteiger charge is 2.20. The minimum Gasteiger partial charge on any atom is -0.312 e. The van der Waals surface area contributed by atoms with E-state index in [2.05, 4.69) is 70.5 Å². The molecule has 0 amide bonds. The van der Waals surface area contributed by atoms with Crippen LogP contribution in [0.25, 0.3) is 0 Å². The van der Waals surface area contributed by atoms with Gasteiger partial charge in [0.2, 0.25) is 0 Å². The molecule has 0 aliphatic rings. The largest absolute Gasteiger partial charge is 0.312 e. The third-order valence-corrected chi connectivity index (χ3v) is 3.85. The van der Waals surface area contributed by atoms with Crippen molar-refractivity contribution in [2.24, 2.45) is 5.92 Å². The summed E-state index contributed by atoms with van der Waals surface area (Å²) >= 11 is 0. The fraction of sp³-hybridized carbons (Fsp3) is 0.800. The van der Waals surface area contributed by atoms with Crippen LogP contribution in [0.15, 0.2) is 0 Å². The third kappa shape index (κ3) is 3.58. The van der Waals surface area contributed by atoms with Gasteiger partial charge in [-0.15, -0.1) is 0 Å². The Morgan fingerprint density at radius 3 is 2.11 bits per heavy atom. The van der Waals surface area contributed by atoms with Gasteiger partial charge in [0.1, 0.15) is 0 Å². The third-order valence-electron chi connectivity index (χ3n) is 3.85. The lowest BCUT2D eigenvalue weighted by Crippen LogP contribution is -2.40. The van der Waals surface area contributed by atoms with Crippen LogP contribution < -0.4 is 5.32 Å². The average Bonchev–Trinajstić information content (AvgIpc) is 2.52. The summed E-state index contributed by atoms with van der Waals surface area (Å²) in [5, 5.41) is 8.24. The van der Waals surface area contributed by atoms with Gasteiger partial charge >= 0.3 is 0 Å². The van der Waals surface area contributed by atoms with Crippen LogP contribution in [0.2, 0.25) is 0 Å². The Kier molecular flexibility index (Phi) is 4.60. The molecule has 18 heavy (non-hydrogen) atoms. The fourth-order valence-electron chi connectivity index (χ4n) is 2.02. The summed E-state index contributed by atoms with van der Waals surface area (Å²) in [6, 6.07) is 0.423. The number of hydrogen-bond donors (Lipinski definition) is 1. The summed E-state index contributed by atoms with van der Waals surface area (Å²) < 4.78 is 2.18. The highest BCUT2D eigenvalue weighted by Crippen LogP contribution is 2.22. The SMILES string of the molecule is Cc1nn(C(C)C(C)CNC(C)(C)C)c(C)c1C. The second-order valence-electron chi connectivity index (χ2n) is 6.59. The maximum atomic E-state index is 4.66. The Hall–Kier alpha value is -0.830. The Bertz CT molecular complexity index is 399. The molecule has 1 rings (SSSR count). The minimum atomic E-state index is 0.180. The van der Waals surface area contributed by atoms with Gasteiger partial charge in [-0.3, -0.25) is 4.68 Å². The van der Waals surface area contributed by atoms with Crippen LogP contribution in [0.5, 0.6) is 0 Å². The molecule has 0 fully saturated rings. The predicted molar refractivity (Wildman–Crippen MR) is 78.1 cm³/mol. The van der Waals surface area contributed by atoms with E-state index >= 15 is 0 Å². The molecular weight excluding hydrogens is 222 g/mol. The van der Waals surface area contributed by atoms with Crippen LogP contribution in [0, 0.1) is 26.7 Å². The summed E-state index contributed by atoms with van der Waals surface area (Å²) in [4.78, 5) is 0. The number of hydrogen-bond acceptors (Lipinski definition) is 2. The second-order valence-corrected chi connectivity index (χ2v) is 6.59. The summed E-state index contributed by atoms with van der Waals surface area (Å²) in [5.74, 6) is 0.557. The molecule has 2 atom stereocenters. The van der Waals surface area contributed by atoms with E-state index in [1.807, 2.05) is 0 Å². The Morgan fingerprint density at radius 1 is 1.17 bits per heavy atom. The number of aryl methyl sites for hydroxylation is 1. The lowest BCUT2D eigenvalue weighted by molar-refractivity contribution is 0.298. The Balaban J connectivity index is 2.74. The molecule has 0 aromatic carbocycles. The van der Waals surface area contributed by atoms with Crippen molar-refractivity contribution in [2.75, 3.05) is 6.54 Å². The highest BCUT2D eigenvalue weighted by molar-refractivity contribution is 5.22. The van der Waals surface area contributed by atoms with Gasteiger partial charge in [0, 0.05) is 17.8 Å². The molecule has 0 saturated heterocycles. The van der Waals surface area contributed by atoms with Crippen molar-refractivity contribution in [1.82, 2.24) is 15.1 Å². The second kappa shape index (κ2) is 5.43. The van der Waals surface area contributed by atoms with Crippen molar-refractivity contribution < 1.29 is 0 Å². The molecule has 1 aromatic rings. The molecule has 1 aromatic heterocycles. The molecule has 104 valence electrons. The molecule has 0 aliphatic carbocycles. The van der Waals surface area contributed by atoms with E-state index in [-0.39, 0.29) is 5.54 Å². The number of rotatable bonds is 4. The molecule has 2 unspecified atom stereocenters. The lowest BCUT2D eigenvalue weighted by atomic mass is 10.0. The normalized spacial score (nSPS) is 15.8. The van der Waals surface area contributed by atoms with E-state index in [1.54, 1.807) is 0 Å². The lowest BCUT2D eigenvalue weighted by Gasteiger charge is -2.27. The van der Waals surface area contributed by atoms with Crippen molar-refractivity contribution in [3.8, 4) is 0 Å². The Morgan fingerprint density at radius 2 is 1.72 bits per heavy atom. The summed E-state index contributed by atoms with van der Waals surface area (Å²) in [6.07, 6.45) is 0. The number of nitrogens with one attached hydrogen (secondary N) is 1. The number of aromatic nitrogens is 2. The van der Waals surface area contributed by atoms with Gasteiger partial charge in [-0.05, 0) is 59.9 Å². The molecule has 1 N–H and O–H groups in total. The first-order valence-corrected chi connectivity index (χ1v) is 6.91. The van der Waals surface area contributed by atoms with Crippen LogP contribution >= 0.6 is 0 Å². The predicted octanol–water partition coefficient (Wildman–Crippen LogP) is 3.39. The van der Waals surface area contributed by atoms with Crippen LogP contribution in [-0.4, -0.2) is 21.9 Å². The van der Waals surface area contributed by atoms with Crippen molar-refractivity contribution in [1.29, 1.82) is 0 Å². The maximum absolute atomic E-state index is 4.66. The van der Waals surface area contributed by atoms with Gasteiger partial charge in [-0.2, -0.15) is 5.10 Å². The monoisotopic (exact) mass is 251 g/mol. The average molecular weight is 251 g/mol. The quantitative estimate of drug-likeness (QED) is 0.889. The number of nitrogens with zero attached hydrogens (tertiary/aromatic N) is 2. The smallest absolute Gasteiger partial charge is 0.0625 e. The Labute approximate surface area is 112 Å². The van der Waals surface area contributed by atoms with Crippen LogP contribution in [-0.2, 0) is 0 Å². The van der Waals surface area contributed by atoms with E-state index in [9.17, 15) is 0 Å². The molecule has 0 saturated carbocycles. The topological polar surface area (TPSA) is 29.9 Å². The highest BCUT2D eigenvalue weighted by atomic mass is 15.3. The van der Waals surface area contributed by atoms with E-state index < -0.39 is 0 Å². The van der Waals surface area contributed by atoms with Gasteiger partial charge in [0.05, 0.1) is 11.7 Å². The first-order chi connectivity index (χ1) is 8.13. The first kappa shape index (κ1) is 15.2. The molecule has 0 radical (unpaired) electrons. The summed E-state index contributed by atoms with van der Waals surface area (Å²) in [5.41, 5.74) is 3.94. The maximum Gasteiger partial charge on any atom is 0.0625 e. The van der Waals surface area contributed by atoms with E-state index in [1.165, 1.54) is 11.3 Å². The van der Waals surface area contributed by atoms with Crippen LogP contribution in [0.4, 0.5) is 0 Å². The molecule has 3 heteroatoms. The molecule has 0 aliphatic heterocycles.